The molecule has 13 heteroatoms. The van der Waals surface area contributed by atoms with Gasteiger partial charge in [-0.05, 0) is 13.3 Å². The average Bonchev–Trinajstić information content (AvgIpc) is 3.29. The number of sulfone groups is 1. The van der Waals surface area contributed by atoms with Crippen LogP contribution in [0.3, 0.4) is 0 Å². The van der Waals surface area contributed by atoms with Crippen molar-refractivity contribution in [3.63, 3.8) is 0 Å². The maximum absolute atomic E-state index is 13.0. The molecule has 0 radical (unpaired) electrons. The van der Waals surface area contributed by atoms with Crippen molar-refractivity contribution in [3.05, 3.63) is 10.6 Å². The van der Waals surface area contributed by atoms with E-state index in [-0.39, 0.29) is 34.6 Å². The van der Waals surface area contributed by atoms with Gasteiger partial charge in [-0.1, -0.05) is 13.8 Å². The fourth-order valence-electron chi connectivity index (χ4n) is 4.86. The Morgan fingerprint density at radius 2 is 1.97 bits per heavy atom. The highest BCUT2D eigenvalue weighted by atomic mass is 32.2. The zero-order valence-corrected chi connectivity index (χ0v) is 21.5. The molecule has 0 spiro atoms. The summed E-state index contributed by atoms with van der Waals surface area (Å²) in [5.74, 6) is -4.05. The van der Waals surface area contributed by atoms with Gasteiger partial charge in [0.1, 0.15) is 11.4 Å². The lowest BCUT2D eigenvalue weighted by molar-refractivity contribution is -0.158. The van der Waals surface area contributed by atoms with Crippen LogP contribution in [0.5, 0.6) is 0 Å². The third-order valence-electron chi connectivity index (χ3n) is 6.63. The molecule has 3 aliphatic rings. The molecule has 3 rings (SSSR count). The van der Waals surface area contributed by atoms with Crippen LogP contribution in [-0.4, -0.2) is 103 Å². The predicted octanol–water partition coefficient (Wildman–Crippen LogP) is -0.749. The summed E-state index contributed by atoms with van der Waals surface area (Å²) in [5.41, 5.74) is -0.0433. The second kappa shape index (κ2) is 9.86. The summed E-state index contributed by atoms with van der Waals surface area (Å²) in [4.78, 5) is 52.9. The van der Waals surface area contributed by atoms with E-state index in [1.165, 1.54) is 28.5 Å². The molecule has 6 atom stereocenters. The first-order chi connectivity index (χ1) is 15.8. The zero-order chi connectivity index (χ0) is 25.5. The summed E-state index contributed by atoms with van der Waals surface area (Å²) in [6.07, 6.45) is 0.547. The van der Waals surface area contributed by atoms with E-state index in [0.717, 1.165) is 0 Å². The number of carbonyl (C=O) groups excluding carboxylic acids is 3. The molecule has 3 amide bonds. The van der Waals surface area contributed by atoms with Crippen molar-refractivity contribution in [1.82, 2.24) is 20.4 Å². The normalized spacial score (nSPS) is 29.5. The molecular weight excluding hydrogens is 484 g/mol. The lowest BCUT2D eigenvalue weighted by Crippen LogP contribution is -2.66. The number of nitrogens with one attached hydrogen (secondary N) is 2. The monoisotopic (exact) mass is 516 g/mol. The van der Waals surface area contributed by atoms with E-state index in [0.29, 0.717) is 17.9 Å². The van der Waals surface area contributed by atoms with Crippen LogP contribution in [0.1, 0.15) is 27.2 Å². The summed E-state index contributed by atoms with van der Waals surface area (Å²) in [5, 5.41) is 15.6. The number of β-lactam (4-membered cyclic amide) rings is 1. The number of hydrogen-bond acceptors (Lipinski definition) is 8. The molecule has 3 heterocycles. The van der Waals surface area contributed by atoms with Crippen molar-refractivity contribution in [1.29, 1.82) is 0 Å². The molecule has 0 unspecified atom stereocenters. The number of rotatable bonds is 9. The Balaban J connectivity index is 1.72. The highest BCUT2D eigenvalue weighted by Gasteiger charge is 2.60. The van der Waals surface area contributed by atoms with E-state index in [4.69, 9.17) is 0 Å². The smallest absolute Gasteiger partial charge is 0.353 e. The lowest BCUT2D eigenvalue weighted by atomic mass is 9.78. The summed E-state index contributed by atoms with van der Waals surface area (Å²) in [7, 11) is -0.142. The standard InChI is InChI=1S/C21H32N4O7S2/c1-6-34(31,32)9-14(26)23-11(3)15-16-10(2)18(17(21(29)30)25(16)20(15)28)33-12-7-13(22-8-12)19(27)24(4)5/h10-13,15-16,22H,6-9H2,1-5H3,(H,23,26)(H,29,30)/t10-,11-,12+,13+,15-,16-/m1/s1. The van der Waals surface area contributed by atoms with Gasteiger partial charge in [-0.3, -0.25) is 14.4 Å². The van der Waals surface area contributed by atoms with Gasteiger partial charge in [0.05, 0.1) is 18.0 Å². The van der Waals surface area contributed by atoms with Crippen molar-refractivity contribution >= 4 is 45.3 Å². The first kappa shape index (κ1) is 26.5. The fraction of sp³-hybridized carbons (Fsp3) is 0.714. The Labute approximate surface area is 203 Å². The van der Waals surface area contributed by atoms with Gasteiger partial charge >= 0.3 is 5.97 Å². The van der Waals surface area contributed by atoms with Crippen LogP contribution >= 0.6 is 11.8 Å². The van der Waals surface area contributed by atoms with Crippen LogP contribution in [-0.2, 0) is 29.0 Å². The number of likely N-dealkylation sites (N-methyl/N-ethyl adjacent to an activating group) is 1. The van der Waals surface area contributed by atoms with E-state index in [9.17, 15) is 32.7 Å². The molecule has 0 aromatic carbocycles. The number of hydrogen-bond donors (Lipinski definition) is 3. The van der Waals surface area contributed by atoms with Gasteiger partial charge in [0.25, 0.3) is 0 Å². The highest BCUT2D eigenvalue weighted by Crippen LogP contribution is 2.51. The van der Waals surface area contributed by atoms with Crippen LogP contribution in [0.15, 0.2) is 10.6 Å². The number of fused-ring (bicyclic) bond motifs is 1. The van der Waals surface area contributed by atoms with E-state index >= 15 is 0 Å². The number of carbonyl (C=O) groups is 4. The van der Waals surface area contributed by atoms with Gasteiger partial charge in [-0.15, -0.1) is 11.8 Å². The number of aliphatic carboxylic acids is 1. The second-order valence-electron chi connectivity index (χ2n) is 9.23. The third-order valence-corrected chi connectivity index (χ3v) is 9.73. The zero-order valence-electron chi connectivity index (χ0n) is 19.9. The number of carboxylic acid groups (broad SMARTS) is 1. The third kappa shape index (κ3) is 4.96. The maximum atomic E-state index is 13.0. The van der Waals surface area contributed by atoms with E-state index < -0.39 is 51.4 Å². The minimum absolute atomic E-state index is 0.0238. The molecule has 34 heavy (non-hydrogen) atoms. The van der Waals surface area contributed by atoms with Crippen molar-refractivity contribution in [2.45, 2.75) is 50.6 Å². The van der Waals surface area contributed by atoms with E-state index in [2.05, 4.69) is 10.6 Å². The SMILES string of the molecule is CCS(=O)(=O)CC(=O)N[C@H](C)[C@H]1C(=O)N2C(C(=O)O)=C(S[C@@H]3CN[C@H](C(=O)N(C)C)C3)[C@H](C)[C@H]12. The largest absolute Gasteiger partial charge is 0.477 e. The minimum Gasteiger partial charge on any atom is -0.477 e. The lowest BCUT2D eigenvalue weighted by Gasteiger charge is -2.47. The molecule has 0 saturated carbocycles. The Morgan fingerprint density at radius 1 is 1.32 bits per heavy atom. The Bertz CT molecular complexity index is 1030. The van der Waals surface area contributed by atoms with Crippen LogP contribution in [0.25, 0.3) is 0 Å². The van der Waals surface area contributed by atoms with Crippen molar-refractivity contribution in [2.75, 3.05) is 32.1 Å². The molecule has 11 nitrogen and oxygen atoms in total. The van der Waals surface area contributed by atoms with Crippen molar-refractivity contribution < 1.29 is 32.7 Å². The number of nitrogens with zero attached hydrogens (tertiary/aromatic N) is 2. The molecule has 0 aliphatic carbocycles. The van der Waals surface area contributed by atoms with Crippen LogP contribution in [0.2, 0.25) is 0 Å². The molecule has 3 N–H and O–H groups in total. The first-order valence-electron chi connectivity index (χ1n) is 11.2. The maximum Gasteiger partial charge on any atom is 0.353 e. The Morgan fingerprint density at radius 3 is 2.53 bits per heavy atom. The van der Waals surface area contributed by atoms with E-state index in [1.807, 2.05) is 6.92 Å². The molecule has 2 fully saturated rings. The summed E-state index contributed by atoms with van der Waals surface area (Å²) in [6.45, 7) is 5.48. The number of thioether (sulfide) groups is 1. The Kier molecular flexibility index (Phi) is 7.68. The highest BCUT2D eigenvalue weighted by molar-refractivity contribution is 8.03. The van der Waals surface area contributed by atoms with Crippen LogP contribution in [0, 0.1) is 11.8 Å². The van der Waals surface area contributed by atoms with E-state index in [1.54, 1.807) is 21.0 Å². The Hall–Kier alpha value is -2.12. The molecule has 3 aliphatic heterocycles. The molecule has 0 aromatic heterocycles. The van der Waals surface area contributed by atoms with Gasteiger partial charge in [0.15, 0.2) is 9.84 Å². The van der Waals surface area contributed by atoms with Crippen LogP contribution < -0.4 is 10.6 Å². The summed E-state index contributed by atoms with van der Waals surface area (Å²) < 4.78 is 23.5. The minimum atomic E-state index is -3.51. The molecule has 190 valence electrons. The van der Waals surface area contributed by atoms with Gasteiger partial charge in [-0.2, -0.15) is 0 Å². The summed E-state index contributed by atoms with van der Waals surface area (Å²) >= 11 is 1.39. The summed E-state index contributed by atoms with van der Waals surface area (Å²) in [6, 6.07) is -1.42. The van der Waals surface area contributed by atoms with Crippen LogP contribution in [0.4, 0.5) is 0 Å². The number of carboxylic acids is 1. The van der Waals surface area contributed by atoms with Gasteiger partial charge in [-0.25, -0.2) is 13.2 Å². The van der Waals surface area contributed by atoms with Gasteiger partial charge in [0, 0.05) is 48.5 Å². The van der Waals surface area contributed by atoms with Crippen molar-refractivity contribution in [2.24, 2.45) is 11.8 Å². The first-order valence-corrected chi connectivity index (χ1v) is 13.9. The van der Waals surface area contributed by atoms with Gasteiger partial charge in [0.2, 0.25) is 17.7 Å². The fourth-order valence-corrected chi connectivity index (χ4v) is 7.02. The van der Waals surface area contributed by atoms with Crippen molar-refractivity contribution in [3.8, 4) is 0 Å². The van der Waals surface area contributed by atoms with Gasteiger partial charge < -0.3 is 25.5 Å². The molecular formula is C21H32N4O7S2. The molecule has 0 aromatic rings. The predicted molar refractivity (Wildman–Crippen MR) is 126 cm³/mol. The average molecular weight is 517 g/mol. The number of amides is 3. The quantitative estimate of drug-likeness (QED) is 0.336. The topological polar surface area (TPSA) is 153 Å². The molecule has 0 bridgehead atoms. The molecule has 2 saturated heterocycles. The second-order valence-corrected chi connectivity index (χ2v) is 12.9.